The van der Waals surface area contributed by atoms with E-state index in [0.29, 0.717) is 43.3 Å². The summed E-state index contributed by atoms with van der Waals surface area (Å²) < 4.78 is 11.4. The standard InChI is InChI=1S/C16H17N3O4/c1-3-11-8-12(16(21)22-2)10-19-14(20)9-13(17-15(11)19)18-4-6-23-7-5-18/h3,8-10H,1,4-7H2,2H3. The van der Waals surface area contributed by atoms with Gasteiger partial charge in [0, 0.05) is 30.9 Å². The van der Waals surface area contributed by atoms with E-state index in [1.54, 1.807) is 12.1 Å². The van der Waals surface area contributed by atoms with Gasteiger partial charge in [-0.2, -0.15) is 0 Å². The molecular weight excluding hydrogens is 298 g/mol. The van der Waals surface area contributed by atoms with Crippen LogP contribution in [0.2, 0.25) is 0 Å². The van der Waals surface area contributed by atoms with Gasteiger partial charge in [-0.15, -0.1) is 0 Å². The molecule has 1 aliphatic heterocycles. The van der Waals surface area contributed by atoms with Gasteiger partial charge >= 0.3 is 5.97 Å². The van der Waals surface area contributed by atoms with E-state index in [4.69, 9.17) is 9.47 Å². The van der Waals surface area contributed by atoms with Crippen LogP contribution in [0.1, 0.15) is 15.9 Å². The van der Waals surface area contributed by atoms with Crippen molar-refractivity contribution >= 4 is 23.5 Å². The Morgan fingerprint density at radius 1 is 1.39 bits per heavy atom. The summed E-state index contributed by atoms with van der Waals surface area (Å²) in [5.74, 6) is 0.0892. The summed E-state index contributed by atoms with van der Waals surface area (Å²) in [6, 6.07) is 3.08. The molecule has 1 aliphatic rings. The van der Waals surface area contributed by atoms with E-state index in [2.05, 4.69) is 11.6 Å². The van der Waals surface area contributed by atoms with Crippen LogP contribution in [0, 0.1) is 0 Å². The van der Waals surface area contributed by atoms with Gasteiger partial charge in [0.2, 0.25) is 0 Å². The molecule has 0 saturated carbocycles. The lowest BCUT2D eigenvalue weighted by molar-refractivity contribution is 0.0600. The number of esters is 1. The summed E-state index contributed by atoms with van der Waals surface area (Å²) in [6.07, 6.45) is 3.00. The highest BCUT2D eigenvalue weighted by molar-refractivity contribution is 5.90. The number of ether oxygens (including phenoxy) is 2. The first-order valence-electron chi connectivity index (χ1n) is 7.25. The number of hydrogen-bond donors (Lipinski definition) is 0. The van der Waals surface area contributed by atoms with Gasteiger partial charge in [0.1, 0.15) is 11.5 Å². The van der Waals surface area contributed by atoms with E-state index < -0.39 is 5.97 Å². The molecule has 0 aliphatic carbocycles. The summed E-state index contributed by atoms with van der Waals surface area (Å²) in [5.41, 5.74) is 1.07. The van der Waals surface area contributed by atoms with Gasteiger partial charge in [-0.25, -0.2) is 9.78 Å². The van der Waals surface area contributed by atoms with E-state index >= 15 is 0 Å². The second kappa shape index (κ2) is 6.21. The third-order valence-electron chi connectivity index (χ3n) is 3.75. The zero-order valence-electron chi connectivity index (χ0n) is 12.8. The van der Waals surface area contributed by atoms with Crippen LogP contribution in [0.15, 0.2) is 29.7 Å². The summed E-state index contributed by atoms with van der Waals surface area (Å²) in [4.78, 5) is 30.8. The van der Waals surface area contributed by atoms with E-state index in [1.165, 1.54) is 23.8 Å². The molecule has 0 unspecified atom stereocenters. The second-order valence-corrected chi connectivity index (χ2v) is 5.13. The number of anilines is 1. The first-order valence-corrected chi connectivity index (χ1v) is 7.25. The van der Waals surface area contributed by atoms with Crippen molar-refractivity contribution in [2.45, 2.75) is 0 Å². The number of carbonyl (C=O) groups is 1. The van der Waals surface area contributed by atoms with Crippen molar-refractivity contribution in [2.24, 2.45) is 0 Å². The Morgan fingerprint density at radius 2 is 2.13 bits per heavy atom. The Bertz CT molecular complexity index is 822. The topological polar surface area (TPSA) is 73.1 Å². The largest absolute Gasteiger partial charge is 0.465 e. The molecule has 0 bridgehead atoms. The van der Waals surface area contributed by atoms with Crippen molar-refractivity contribution in [3.63, 3.8) is 0 Å². The van der Waals surface area contributed by atoms with E-state index in [9.17, 15) is 9.59 Å². The van der Waals surface area contributed by atoms with Gasteiger partial charge in [0.25, 0.3) is 5.56 Å². The zero-order valence-corrected chi connectivity index (χ0v) is 12.8. The number of pyridine rings is 1. The zero-order chi connectivity index (χ0) is 16.4. The molecular formula is C16H17N3O4. The molecule has 3 heterocycles. The van der Waals surface area contributed by atoms with Crippen molar-refractivity contribution in [3.05, 3.63) is 46.4 Å². The molecule has 7 nitrogen and oxygen atoms in total. The average molecular weight is 315 g/mol. The Balaban J connectivity index is 2.18. The number of hydrogen-bond acceptors (Lipinski definition) is 6. The molecule has 0 amide bonds. The van der Waals surface area contributed by atoms with Crippen LogP contribution in [-0.4, -0.2) is 48.8 Å². The predicted molar refractivity (Wildman–Crippen MR) is 85.9 cm³/mol. The highest BCUT2D eigenvalue weighted by atomic mass is 16.5. The Hall–Kier alpha value is -2.67. The molecule has 0 radical (unpaired) electrons. The average Bonchev–Trinajstić information content (AvgIpc) is 2.61. The van der Waals surface area contributed by atoms with E-state index in [1.807, 2.05) is 4.90 Å². The van der Waals surface area contributed by atoms with Crippen molar-refractivity contribution in [1.82, 2.24) is 9.38 Å². The number of rotatable bonds is 3. The first kappa shape index (κ1) is 15.2. The van der Waals surface area contributed by atoms with Gasteiger partial charge in [-0.1, -0.05) is 12.7 Å². The van der Waals surface area contributed by atoms with Crippen LogP contribution in [0.25, 0.3) is 11.7 Å². The van der Waals surface area contributed by atoms with Gasteiger partial charge in [0.15, 0.2) is 0 Å². The van der Waals surface area contributed by atoms with Crippen molar-refractivity contribution in [3.8, 4) is 0 Å². The fourth-order valence-corrected chi connectivity index (χ4v) is 2.55. The fraction of sp³-hybridized carbons (Fsp3) is 0.312. The Morgan fingerprint density at radius 3 is 2.78 bits per heavy atom. The highest BCUT2D eigenvalue weighted by Crippen LogP contribution is 2.17. The van der Waals surface area contributed by atoms with Crippen molar-refractivity contribution in [2.75, 3.05) is 38.3 Å². The smallest absolute Gasteiger partial charge is 0.339 e. The molecule has 23 heavy (non-hydrogen) atoms. The summed E-state index contributed by atoms with van der Waals surface area (Å²) in [6.45, 7) is 6.33. The molecule has 3 rings (SSSR count). The number of methoxy groups -OCH3 is 1. The Kier molecular flexibility index (Phi) is 4.12. The fourth-order valence-electron chi connectivity index (χ4n) is 2.55. The Labute approximate surface area is 132 Å². The predicted octanol–water partition coefficient (Wildman–Crippen LogP) is 0.961. The molecule has 0 spiro atoms. The minimum atomic E-state index is -0.515. The number of carbonyl (C=O) groups excluding carboxylic acids is 1. The number of nitrogens with zero attached hydrogens (tertiary/aromatic N) is 3. The van der Waals surface area contributed by atoms with E-state index in [0.717, 1.165) is 0 Å². The van der Waals surface area contributed by atoms with Crippen molar-refractivity contribution < 1.29 is 14.3 Å². The molecule has 2 aromatic rings. The lowest BCUT2D eigenvalue weighted by Crippen LogP contribution is -2.37. The van der Waals surface area contributed by atoms with Gasteiger partial charge in [-0.05, 0) is 6.07 Å². The number of fused-ring (bicyclic) bond motifs is 1. The maximum atomic E-state index is 12.5. The molecule has 120 valence electrons. The SMILES string of the molecule is C=Cc1cc(C(=O)OC)cn2c(=O)cc(N3CCOCC3)nc12. The van der Waals surface area contributed by atoms with Gasteiger partial charge < -0.3 is 14.4 Å². The lowest BCUT2D eigenvalue weighted by atomic mass is 10.2. The molecule has 1 saturated heterocycles. The normalized spacial score (nSPS) is 14.7. The van der Waals surface area contributed by atoms with Crippen LogP contribution in [0.4, 0.5) is 5.82 Å². The lowest BCUT2D eigenvalue weighted by Gasteiger charge is -2.27. The van der Waals surface area contributed by atoms with Crippen LogP contribution in [-0.2, 0) is 9.47 Å². The number of morpholine rings is 1. The third kappa shape index (κ3) is 2.83. The van der Waals surface area contributed by atoms with Gasteiger partial charge in [-0.3, -0.25) is 9.20 Å². The molecule has 0 aromatic carbocycles. The third-order valence-corrected chi connectivity index (χ3v) is 3.75. The van der Waals surface area contributed by atoms with Crippen LogP contribution in [0.3, 0.4) is 0 Å². The van der Waals surface area contributed by atoms with Crippen LogP contribution in [0.5, 0.6) is 0 Å². The summed E-state index contributed by atoms with van der Waals surface area (Å²) in [5, 5.41) is 0. The van der Waals surface area contributed by atoms with Crippen LogP contribution >= 0.6 is 0 Å². The van der Waals surface area contributed by atoms with Gasteiger partial charge in [0.05, 0.1) is 25.9 Å². The quantitative estimate of drug-likeness (QED) is 0.786. The summed E-state index contributed by atoms with van der Waals surface area (Å²) in [7, 11) is 1.29. The second-order valence-electron chi connectivity index (χ2n) is 5.13. The highest BCUT2D eigenvalue weighted by Gasteiger charge is 2.17. The maximum absolute atomic E-state index is 12.5. The minimum absolute atomic E-state index is 0.259. The molecule has 2 aromatic heterocycles. The molecule has 0 N–H and O–H groups in total. The summed E-state index contributed by atoms with van der Waals surface area (Å²) >= 11 is 0. The van der Waals surface area contributed by atoms with Crippen LogP contribution < -0.4 is 10.5 Å². The monoisotopic (exact) mass is 315 g/mol. The maximum Gasteiger partial charge on any atom is 0.339 e. The number of aromatic nitrogens is 2. The van der Waals surface area contributed by atoms with E-state index in [-0.39, 0.29) is 11.1 Å². The van der Waals surface area contributed by atoms with Crippen molar-refractivity contribution in [1.29, 1.82) is 0 Å². The molecule has 1 fully saturated rings. The minimum Gasteiger partial charge on any atom is -0.465 e. The first-order chi connectivity index (χ1) is 11.1. The molecule has 7 heteroatoms. The molecule has 0 atom stereocenters.